The lowest BCUT2D eigenvalue weighted by molar-refractivity contribution is -0.137. The number of carbonyl (C=O) groups excluding carboxylic acids is 1. The Morgan fingerprint density at radius 1 is 1.12 bits per heavy atom. The summed E-state index contributed by atoms with van der Waals surface area (Å²) in [6.45, 7) is 3.44. The van der Waals surface area contributed by atoms with Gasteiger partial charge < -0.3 is 25.6 Å². The first-order chi connectivity index (χ1) is 19.1. The smallest absolute Gasteiger partial charge is 0.421 e. The van der Waals surface area contributed by atoms with E-state index in [1.807, 2.05) is 42.5 Å². The van der Waals surface area contributed by atoms with Gasteiger partial charge in [-0.05, 0) is 74.1 Å². The van der Waals surface area contributed by atoms with Gasteiger partial charge in [0.25, 0.3) is 0 Å². The molecule has 1 aromatic heterocycles. The molecular weight excluding hydrogens is 521 g/mol. The van der Waals surface area contributed by atoms with Crippen molar-refractivity contribution in [2.45, 2.75) is 50.4 Å². The maximum absolute atomic E-state index is 14.0. The van der Waals surface area contributed by atoms with E-state index >= 15 is 0 Å². The van der Waals surface area contributed by atoms with Crippen molar-refractivity contribution in [2.24, 2.45) is 0 Å². The molecule has 1 aliphatic carbocycles. The molecule has 1 fully saturated rings. The van der Waals surface area contributed by atoms with Crippen LogP contribution in [0, 0.1) is 0 Å². The highest BCUT2D eigenvalue weighted by atomic mass is 19.4. The average Bonchev–Trinajstić information content (AvgIpc) is 3.25. The predicted molar refractivity (Wildman–Crippen MR) is 147 cm³/mol. The van der Waals surface area contributed by atoms with Gasteiger partial charge in [0.05, 0.1) is 24.9 Å². The summed E-state index contributed by atoms with van der Waals surface area (Å²) in [4.78, 5) is 22.4. The third kappa shape index (κ3) is 5.99. The molecule has 0 saturated carbocycles. The fourth-order valence-electron chi connectivity index (χ4n) is 5.59. The molecule has 0 bridgehead atoms. The topological polar surface area (TPSA) is 91.4 Å². The van der Waals surface area contributed by atoms with Crippen LogP contribution in [0.3, 0.4) is 0 Å². The van der Waals surface area contributed by atoms with Crippen molar-refractivity contribution in [3.05, 3.63) is 70.9 Å². The lowest BCUT2D eigenvalue weighted by Gasteiger charge is -2.29. The van der Waals surface area contributed by atoms with Gasteiger partial charge in [-0.3, -0.25) is 4.79 Å². The molecular formula is C29H33F3N6O2. The number of ether oxygens (including phenoxy) is 1. The molecule has 3 N–H and O–H groups in total. The molecule has 2 aliphatic rings. The van der Waals surface area contributed by atoms with Gasteiger partial charge in [-0.25, -0.2) is 4.98 Å². The van der Waals surface area contributed by atoms with E-state index in [4.69, 9.17) is 4.74 Å². The number of nitrogens with zero attached hydrogens (tertiary/aromatic N) is 3. The number of fused-ring (bicyclic) bond motifs is 1. The van der Waals surface area contributed by atoms with E-state index in [0.717, 1.165) is 48.8 Å². The summed E-state index contributed by atoms with van der Waals surface area (Å²) in [5, 5.41) is 8.87. The van der Waals surface area contributed by atoms with Crippen molar-refractivity contribution in [1.29, 1.82) is 0 Å². The first kappa shape index (κ1) is 27.7. The summed E-state index contributed by atoms with van der Waals surface area (Å²) >= 11 is 0. The maximum Gasteiger partial charge on any atom is 0.421 e. The Morgan fingerprint density at radius 2 is 1.88 bits per heavy atom. The number of hydrogen-bond acceptors (Lipinski definition) is 7. The van der Waals surface area contributed by atoms with E-state index in [-0.39, 0.29) is 17.7 Å². The van der Waals surface area contributed by atoms with Crippen molar-refractivity contribution < 1.29 is 22.7 Å². The molecule has 1 amide bonds. The number of hydrogen-bond donors (Lipinski definition) is 3. The second-order valence-electron chi connectivity index (χ2n) is 10.4. The highest BCUT2D eigenvalue weighted by Crippen LogP contribution is 2.39. The van der Waals surface area contributed by atoms with Crippen LogP contribution in [0.2, 0.25) is 0 Å². The monoisotopic (exact) mass is 554 g/mol. The van der Waals surface area contributed by atoms with Gasteiger partial charge in [0.2, 0.25) is 11.9 Å². The second kappa shape index (κ2) is 11.3. The largest absolute Gasteiger partial charge is 0.495 e. The fourth-order valence-corrected chi connectivity index (χ4v) is 5.59. The zero-order valence-electron chi connectivity index (χ0n) is 22.7. The number of amides is 1. The highest BCUT2D eigenvalue weighted by Gasteiger charge is 2.39. The third-order valence-electron chi connectivity index (χ3n) is 7.67. The van der Waals surface area contributed by atoms with Gasteiger partial charge in [0.1, 0.15) is 17.1 Å². The number of methoxy groups -OCH3 is 1. The summed E-state index contributed by atoms with van der Waals surface area (Å²) in [6.07, 6.45) is -1.38. The van der Waals surface area contributed by atoms with Crippen LogP contribution >= 0.6 is 0 Å². The van der Waals surface area contributed by atoms with Crippen molar-refractivity contribution in [3.8, 4) is 5.75 Å². The van der Waals surface area contributed by atoms with E-state index in [1.165, 1.54) is 6.92 Å². The van der Waals surface area contributed by atoms with E-state index in [2.05, 4.69) is 37.9 Å². The Morgan fingerprint density at radius 3 is 2.58 bits per heavy atom. The number of anilines is 3. The van der Waals surface area contributed by atoms with Crippen LogP contribution in [-0.2, 0) is 17.4 Å². The zero-order valence-corrected chi connectivity index (χ0v) is 22.7. The number of carbonyl (C=O) groups is 1. The summed E-state index contributed by atoms with van der Waals surface area (Å²) in [5.41, 5.74) is 2.55. The molecule has 1 aliphatic heterocycles. The van der Waals surface area contributed by atoms with Crippen molar-refractivity contribution in [1.82, 2.24) is 20.2 Å². The highest BCUT2D eigenvalue weighted by molar-refractivity contribution is 5.74. The van der Waals surface area contributed by atoms with Gasteiger partial charge in [0.15, 0.2) is 0 Å². The van der Waals surface area contributed by atoms with E-state index in [1.54, 1.807) is 7.11 Å². The zero-order chi connectivity index (χ0) is 28.4. The lowest BCUT2D eigenvalue weighted by Crippen LogP contribution is -2.37. The van der Waals surface area contributed by atoms with E-state index in [9.17, 15) is 18.0 Å². The summed E-state index contributed by atoms with van der Waals surface area (Å²) in [5.74, 6) is 0.341. The molecule has 0 unspecified atom stereocenters. The molecule has 2 heterocycles. The summed E-state index contributed by atoms with van der Waals surface area (Å²) < 4.78 is 47.6. The molecule has 11 heteroatoms. The SMILES string of the molecule is COc1cc(C2CCN(C)CC2)ccc1Nc1ncc(C(F)(F)F)c(N[C@@H]2Cc3ccccc3[C@H]2NC(C)=O)n1. The van der Waals surface area contributed by atoms with Gasteiger partial charge >= 0.3 is 6.18 Å². The molecule has 3 aromatic rings. The van der Waals surface area contributed by atoms with Crippen molar-refractivity contribution >= 4 is 23.4 Å². The second-order valence-corrected chi connectivity index (χ2v) is 10.4. The minimum absolute atomic E-state index is 0.00701. The van der Waals surface area contributed by atoms with Crippen LogP contribution in [0.15, 0.2) is 48.7 Å². The molecule has 40 heavy (non-hydrogen) atoms. The first-order valence-electron chi connectivity index (χ1n) is 13.3. The van der Waals surface area contributed by atoms with Crippen LogP contribution in [0.5, 0.6) is 5.75 Å². The Bertz CT molecular complexity index is 1370. The van der Waals surface area contributed by atoms with E-state index in [0.29, 0.717) is 23.8 Å². The first-order valence-corrected chi connectivity index (χ1v) is 13.3. The number of piperidine rings is 1. The van der Waals surface area contributed by atoms with Gasteiger partial charge in [-0.2, -0.15) is 18.2 Å². The van der Waals surface area contributed by atoms with Crippen LogP contribution in [0.25, 0.3) is 0 Å². The average molecular weight is 555 g/mol. The Balaban J connectivity index is 1.42. The number of halogens is 3. The van der Waals surface area contributed by atoms with Crippen LogP contribution in [-0.4, -0.2) is 54.1 Å². The van der Waals surface area contributed by atoms with Crippen LogP contribution in [0.4, 0.5) is 30.6 Å². The summed E-state index contributed by atoms with van der Waals surface area (Å²) in [7, 11) is 3.67. The Labute approximate surface area is 231 Å². The molecule has 2 aromatic carbocycles. The maximum atomic E-state index is 14.0. The minimum atomic E-state index is -4.68. The van der Waals surface area contributed by atoms with Gasteiger partial charge in [0, 0.05) is 13.1 Å². The molecule has 0 radical (unpaired) electrons. The van der Waals surface area contributed by atoms with Crippen LogP contribution < -0.4 is 20.7 Å². The van der Waals surface area contributed by atoms with E-state index < -0.39 is 23.8 Å². The number of nitrogens with one attached hydrogen (secondary N) is 3. The Hall–Kier alpha value is -3.86. The summed E-state index contributed by atoms with van der Waals surface area (Å²) in [6, 6.07) is 12.3. The van der Waals surface area contributed by atoms with Gasteiger partial charge in [-0.1, -0.05) is 30.3 Å². The predicted octanol–water partition coefficient (Wildman–Crippen LogP) is 5.27. The molecule has 1 saturated heterocycles. The van der Waals surface area contributed by atoms with Crippen molar-refractivity contribution in [3.63, 3.8) is 0 Å². The minimum Gasteiger partial charge on any atom is -0.495 e. The number of likely N-dealkylation sites (tertiary alicyclic amines) is 1. The Kier molecular flexibility index (Phi) is 7.84. The number of aromatic nitrogens is 2. The molecule has 212 valence electrons. The number of alkyl halides is 3. The quantitative estimate of drug-likeness (QED) is 0.367. The van der Waals surface area contributed by atoms with Crippen LogP contribution in [0.1, 0.15) is 54.0 Å². The standard InChI is InChI=1S/C29H33F3N6O2/c1-17(39)34-26-21-7-5-4-6-20(21)14-24(26)35-27-22(29(30,31)32)16-33-28(37-27)36-23-9-8-19(15-25(23)40-3)18-10-12-38(2)13-11-18/h4-9,15-16,18,24,26H,10-14H2,1-3H3,(H,34,39)(H2,33,35,36,37)/t24-,26-/m1/s1. The normalized spacial score (nSPS) is 19.6. The molecule has 0 spiro atoms. The number of benzene rings is 2. The van der Waals surface area contributed by atoms with Gasteiger partial charge in [-0.15, -0.1) is 0 Å². The molecule has 2 atom stereocenters. The van der Waals surface area contributed by atoms with Crippen molar-refractivity contribution in [2.75, 3.05) is 37.9 Å². The fraction of sp³-hybridized carbons (Fsp3) is 0.414. The number of rotatable bonds is 7. The third-order valence-corrected chi connectivity index (χ3v) is 7.67. The molecule has 5 rings (SSSR count). The molecule has 8 nitrogen and oxygen atoms in total. The lowest BCUT2D eigenvalue weighted by atomic mass is 9.89.